The van der Waals surface area contributed by atoms with E-state index in [2.05, 4.69) is 5.32 Å². The molecule has 29 heavy (non-hydrogen) atoms. The summed E-state index contributed by atoms with van der Waals surface area (Å²) in [6.07, 6.45) is 1.70. The van der Waals surface area contributed by atoms with Crippen LogP contribution < -0.4 is 10.1 Å². The highest BCUT2D eigenvalue weighted by molar-refractivity contribution is 5.88. The number of nitrogens with one attached hydrogen (secondary N) is 1. The SMILES string of the molecule is CCCNC(=O)C(CC)N(Cc1ccc(OC)cc1)C(=O)Cc1ccccc1C. The monoisotopic (exact) mass is 396 g/mol. The molecule has 0 fully saturated rings. The molecule has 0 saturated heterocycles. The number of carbonyl (C=O) groups excluding carboxylic acids is 2. The van der Waals surface area contributed by atoms with E-state index in [4.69, 9.17) is 4.74 Å². The number of hydrogen-bond donors (Lipinski definition) is 1. The van der Waals surface area contributed by atoms with Crippen LogP contribution in [0.3, 0.4) is 0 Å². The van der Waals surface area contributed by atoms with Crippen molar-refractivity contribution in [3.8, 4) is 5.75 Å². The number of carbonyl (C=O) groups is 2. The van der Waals surface area contributed by atoms with E-state index in [1.807, 2.05) is 69.3 Å². The molecule has 1 atom stereocenters. The van der Waals surface area contributed by atoms with Crippen molar-refractivity contribution in [2.24, 2.45) is 0 Å². The summed E-state index contributed by atoms with van der Waals surface area (Å²) < 4.78 is 5.22. The van der Waals surface area contributed by atoms with Gasteiger partial charge in [-0.15, -0.1) is 0 Å². The number of hydrogen-bond acceptors (Lipinski definition) is 3. The second-order valence-electron chi connectivity index (χ2n) is 7.19. The molecule has 0 saturated carbocycles. The molecule has 2 rings (SSSR count). The quantitative estimate of drug-likeness (QED) is 0.663. The second kappa shape index (κ2) is 11.2. The van der Waals surface area contributed by atoms with Crippen LogP contribution in [0.25, 0.3) is 0 Å². The molecule has 2 aromatic carbocycles. The van der Waals surface area contributed by atoms with Crippen molar-refractivity contribution >= 4 is 11.8 Å². The standard InChI is InChI=1S/C24H32N2O3/c1-5-15-25-24(28)22(6-2)26(17-19-11-13-21(29-4)14-12-19)23(27)16-20-10-8-7-9-18(20)3/h7-14,22H,5-6,15-17H2,1-4H3,(H,25,28). The highest BCUT2D eigenvalue weighted by Crippen LogP contribution is 2.18. The molecule has 0 heterocycles. The predicted molar refractivity (Wildman–Crippen MR) is 116 cm³/mol. The van der Waals surface area contributed by atoms with Crippen LogP contribution in [0.1, 0.15) is 43.4 Å². The van der Waals surface area contributed by atoms with E-state index in [-0.39, 0.29) is 18.2 Å². The maximum Gasteiger partial charge on any atom is 0.242 e. The molecule has 5 heteroatoms. The fourth-order valence-electron chi connectivity index (χ4n) is 3.29. The molecular weight excluding hydrogens is 364 g/mol. The van der Waals surface area contributed by atoms with Gasteiger partial charge in [0.2, 0.25) is 11.8 Å². The Kier molecular flexibility index (Phi) is 8.71. The van der Waals surface area contributed by atoms with Gasteiger partial charge in [0.1, 0.15) is 11.8 Å². The number of nitrogens with zero attached hydrogens (tertiary/aromatic N) is 1. The summed E-state index contributed by atoms with van der Waals surface area (Å²) in [5.41, 5.74) is 3.03. The molecule has 5 nitrogen and oxygen atoms in total. The maximum atomic E-state index is 13.3. The molecule has 1 N–H and O–H groups in total. The Morgan fingerprint density at radius 2 is 1.76 bits per heavy atom. The summed E-state index contributed by atoms with van der Waals surface area (Å²) in [5, 5.41) is 2.95. The number of amides is 2. The topological polar surface area (TPSA) is 58.6 Å². The first-order valence-electron chi connectivity index (χ1n) is 10.2. The van der Waals surface area contributed by atoms with Gasteiger partial charge in [0.05, 0.1) is 13.5 Å². The minimum absolute atomic E-state index is 0.0476. The van der Waals surface area contributed by atoms with Gasteiger partial charge in [-0.25, -0.2) is 0 Å². The highest BCUT2D eigenvalue weighted by atomic mass is 16.5. The van der Waals surface area contributed by atoms with Gasteiger partial charge in [-0.3, -0.25) is 9.59 Å². The summed E-state index contributed by atoms with van der Waals surface area (Å²) in [4.78, 5) is 27.8. The zero-order valence-electron chi connectivity index (χ0n) is 17.9. The largest absolute Gasteiger partial charge is 0.497 e. The van der Waals surface area contributed by atoms with E-state index in [9.17, 15) is 9.59 Å². The third-order valence-corrected chi connectivity index (χ3v) is 5.05. The lowest BCUT2D eigenvalue weighted by molar-refractivity contribution is -0.140. The van der Waals surface area contributed by atoms with Gasteiger partial charge in [-0.1, -0.05) is 50.2 Å². The van der Waals surface area contributed by atoms with Gasteiger partial charge in [0, 0.05) is 13.1 Å². The Morgan fingerprint density at radius 1 is 1.07 bits per heavy atom. The van der Waals surface area contributed by atoms with Crippen LogP contribution in [0.15, 0.2) is 48.5 Å². The normalized spacial score (nSPS) is 11.6. The average Bonchev–Trinajstić information content (AvgIpc) is 2.74. The lowest BCUT2D eigenvalue weighted by Gasteiger charge is -2.31. The Hall–Kier alpha value is -2.82. The zero-order valence-corrected chi connectivity index (χ0v) is 17.9. The minimum Gasteiger partial charge on any atom is -0.497 e. The van der Waals surface area contributed by atoms with Crippen LogP contribution in [0.4, 0.5) is 0 Å². The van der Waals surface area contributed by atoms with Crippen LogP contribution in [-0.2, 0) is 22.6 Å². The summed E-state index contributed by atoms with van der Waals surface area (Å²) in [5.74, 6) is 0.619. The first kappa shape index (κ1) is 22.5. The van der Waals surface area contributed by atoms with Crippen molar-refractivity contribution in [2.45, 2.75) is 52.6 Å². The Labute approximate surface area is 174 Å². The highest BCUT2D eigenvalue weighted by Gasteiger charge is 2.28. The molecule has 2 amide bonds. The Bertz CT molecular complexity index is 802. The van der Waals surface area contributed by atoms with Crippen molar-refractivity contribution in [2.75, 3.05) is 13.7 Å². The molecule has 0 aliphatic heterocycles. The van der Waals surface area contributed by atoms with E-state index in [1.54, 1.807) is 12.0 Å². The fraction of sp³-hybridized carbons (Fsp3) is 0.417. The van der Waals surface area contributed by atoms with Crippen molar-refractivity contribution in [1.29, 1.82) is 0 Å². The van der Waals surface area contributed by atoms with Gasteiger partial charge >= 0.3 is 0 Å². The summed E-state index contributed by atoms with van der Waals surface area (Å²) in [7, 11) is 1.62. The van der Waals surface area contributed by atoms with Gasteiger partial charge < -0.3 is 15.0 Å². The Balaban J connectivity index is 2.27. The number of ether oxygens (including phenoxy) is 1. The smallest absolute Gasteiger partial charge is 0.242 e. The van der Waals surface area contributed by atoms with E-state index in [0.29, 0.717) is 19.5 Å². The van der Waals surface area contributed by atoms with Gasteiger partial charge in [-0.05, 0) is 48.6 Å². The number of benzene rings is 2. The van der Waals surface area contributed by atoms with E-state index >= 15 is 0 Å². The minimum atomic E-state index is -0.500. The molecule has 0 aromatic heterocycles. The molecule has 156 valence electrons. The average molecular weight is 397 g/mol. The second-order valence-corrected chi connectivity index (χ2v) is 7.19. The van der Waals surface area contributed by atoms with Crippen molar-refractivity contribution in [3.63, 3.8) is 0 Å². The lowest BCUT2D eigenvalue weighted by Crippen LogP contribution is -2.49. The lowest BCUT2D eigenvalue weighted by atomic mass is 10.0. The van der Waals surface area contributed by atoms with Crippen LogP contribution in [-0.4, -0.2) is 36.4 Å². The third-order valence-electron chi connectivity index (χ3n) is 5.05. The molecule has 0 radical (unpaired) electrons. The molecule has 0 aliphatic rings. The molecule has 0 aliphatic carbocycles. The van der Waals surface area contributed by atoms with Crippen LogP contribution in [0.5, 0.6) is 5.75 Å². The van der Waals surface area contributed by atoms with Crippen molar-refractivity contribution in [3.05, 3.63) is 65.2 Å². The van der Waals surface area contributed by atoms with Crippen molar-refractivity contribution in [1.82, 2.24) is 10.2 Å². The molecular formula is C24H32N2O3. The summed E-state index contributed by atoms with van der Waals surface area (Å²) >= 11 is 0. The zero-order chi connectivity index (χ0) is 21.2. The van der Waals surface area contributed by atoms with Gasteiger partial charge in [-0.2, -0.15) is 0 Å². The van der Waals surface area contributed by atoms with E-state index in [0.717, 1.165) is 28.9 Å². The molecule has 2 aromatic rings. The van der Waals surface area contributed by atoms with Crippen molar-refractivity contribution < 1.29 is 14.3 Å². The molecule has 0 bridgehead atoms. The molecule has 0 spiro atoms. The maximum absolute atomic E-state index is 13.3. The van der Waals surface area contributed by atoms with Gasteiger partial charge in [0.25, 0.3) is 0 Å². The Morgan fingerprint density at radius 3 is 2.34 bits per heavy atom. The first-order chi connectivity index (χ1) is 14.0. The van der Waals surface area contributed by atoms with E-state index in [1.165, 1.54) is 0 Å². The fourth-order valence-corrected chi connectivity index (χ4v) is 3.29. The van der Waals surface area contributed by atoms with Crippen LogP contribution in [0, 0.1) is 6.92 Å². The number of rotatable bonds is 10. The van der Waals surface area contributed by atoms with Crippen LogP contribution in [0.2, 0.25) is 0 Å². The number of methoxy groups -OCH3 is 1. The summed E-state index contributed by atoms with van der Waals surface area (Å²) in [6.45, 7) is 6.95. The first-order valence-corrected chi connectivity index (χ1v) is 10.2. The van der Waals surface area contributed by atoms with Gasteiger partial charge in [0.15, 0.2) is 0 Å². The summed E-state index contributed by atoms with van der Waals surface area (Å²) in [6, 6.07) is 15.0. The van der Waals surface area contributed by atoms with E-state index < -0.39 is 6.04 Å². The molecule has 1 unspecified atom stereocenters. The van der Waals surface area contributed by atoms with Crippen LogP contribution >= 0.6 is 0 Å². The third kappa shape index (κ3) is 6.34. The number of aryl methyl sites for hydroxylation is 1. The predicted octanol–water partition coefficient (Wildman–Crippen LogP) is 3.88.